The van der Waals surface area contributed by atoms with Crippen LogP contribution in [0.15, 0.2) is 18.2 Å². The second-order valence-electron chi connectivity index (χ2n) is 4.69. The first-order chi connectivity index (χ1) is 9.56. The van der Waals surface area contributed by atoms with Crippen molar-refractivity contribution in [2.75, 3.05) is 19.8 Å². The van der Waals surface area contributed by atoms with E-state index in [2.05, 4.69) is 5.32 Å². The largest absolute Gasteiger partial charge is 0.490 e. The Kier molecular flexibility index (Phi) is 6.38. The maximum atomic E-state index is 11.6. The number of benzene rings is 1. The summed E-state index contributed by atoms with van der Waals surface area (Å²) in [6.45, 7) is 6.90. The molecule has 1 aromatic carbocycles. The average Bonchev–Trinajstić information content (AvgIpc) is 2.43. The molecule has 0 bridgehead atoms. The zero-order chi connectivity index (χ0) is 15.0. The molecule has 0 aliphatic carbocycles. The van der Waals surface area contributed by atoms with Gasteiger partial charge in [-0.05, 0) is 25.0 Å². The van der Waals surface area contributed by atoms with Crippen molar-refractivity contribution in [1.29, 1.82) is 5.26 Å². The molecule has 5 heteroatoms. The van der Waals surface area contributed by atoms with Crippen LogP contribution in [0, 0.1) is 17.2 Å². The van der Waals surface area contributed by atoms with Crippen LogP contribution in [-0.2, 0) is 4.79 Å². The third-order valence-corrected chi connectivity index (χ3v) is 2.44. The molecule has 1 rings (SSSR count). The fourth-order valence-corrected chi connectivity index (χ4v) is 1.48. The first-order valence-corrected chi connectivity index (χ1v) is 6.63. The van der Waals surface area contributed by atoms with Crippen LogP contribution in [0.4, 0.5) is 0 Å². The monoisotopic (exact) mass is 276 g/mol. The summed E-state index contributed by atoms with van der Waals surface area (Å²) >= 11 is 0. The summed E-state index contributed by atoms with van der Waals surface area (Å²) in [6.07, 6.45) is 0. The number of rotatable bonds is 7. The Labute approximate surface area is 119 Å². The van der Waals surface area contributed by atoms with E-state index in [0.29, 0.717) is 36.1 Å². The summed E-state index contributed by atoms with van der Waals surface area (Å²) in [5, 5.41) is 11.6. The first-order valence-electron chi connectivity index (χ1n) is 6.63. The van der Waals surface area contributed by atoms with E-state index < -0.39 is 0 Å². The minimum atomic E-state index is -0.175. The van der Waals surface area contributed by atoms with Crippen LogP contribution in [0.25, 0.3) is 0 Å². The van der Waals surface area contributed by atoms with Crippen LogP contribution in [-0.4, -0.2) is 25.7 Å². The SMILES string of the molecule is CCOc1cc(C#N)ccc1OCC(=O)NCC(C)C. The average molecular weight is 276 g/mol. The molecule has 108 valence electrons. The van der Waals surface area contributed by atoms with Crippen molar-refractivity contribution >= 4 is 5.91 Å². The van der Waals surface area contributed by atoms with Crippen LogP contribution in [0.1, 0.15) is 26.3 Å². The lowest BCUT2D eigenvalue weighted by Gasteiger charge is -2.12. The Morgan fingerprint density at radius 2 is 2.10 bits per heavy atom. The number of hydrogen-bond donors (Lipinski definition) is 1. The van der Waals surface area contributed by atoms with Gasteiger partial charge in [0.15, 0.2) is 18.1 Å². The zero-order valence-electron chi connectivity index (χ0n) is 12.1. The van der Waals surface area contributed by atoms with Crippen molar-refractivity contribution in [2.45, 2.75) is 20.8 Å². The number of nitrogens with one attached hydrogen (secondary N) is 1. The summed E-state index contributed by atoms with van der Waals surface area (Å²) in [4.78, 5) is 11.6. The number of nitrogens with zero attached hydrogens (tertiary/aromatic N) is 1. The van der Waals surface area contributed by atoms with Gasteiger partial charge in [-0.25, -0.2) is 0 Å². The van der Waals surface area contributed by atoms with Gasteiger partial charge in [-0.2, -0.15) is 5.26 Å². The molecule has 0 saturated heterocycles. The summed E-state index contributed by atoms with van der Waals surface area (Å²) in [6, 6.07) is 6.90. The predicted molar refractivity (Wildman–Crippen MR) is 75.7 cm³/mol. The van der Waals surface area contributed by atoms with Crippen LogP contribution >= 0.6 is 0 Å². The molecule has 0 saturated carbocycles. The summed E-state index contributed by atoms with van der Waals surface area (Å²) < 4.78 is 10.8. The van der Waals surface area contributed by atoms with Crippen molar-refractivity contribution in [3.8, 4) is 17.6 Å². The second kappa shape index (κ2) is 8.05. The molecule has 0 atom stereocenters. The topological polar surface area (TPSA) is 71.3 Å². The molecular weight excluding hydrogens is 256 g/mol. The van der Waals surface area contributed by atoms with Gasteiger partial charge >= 0.3 is 0 Å². The minimum absolute atomic E-state index is 0.0707. The lowest BCUT2D eigenvalue weighted by Crippen LogP contribution is -2.31. The third kappa shape index (κ3) is 5.19. The molecule has 20 heavy (non-hydrogen) atoms. The van der Waals surface area contributed by atoms with Crippen molar-refractivity contribution in [3.63, 3.8) is 0 Å². The number of ether oxygens (including phenoxy) is 2. The van der Waals surface area contributed by atoms with Gasteiger partial charge in [-0.15, -0.1) is 0 Å². The number of carbonyl (C=O) groups excluding carboxylic acids is 1. The summed E-state index contributed by atoms with van der Waals surface area (Å²) in [7, 11) is 0. The lowest BCUT2D eigenvalue weighted by molar-refractivity contribution is -0.123. The van der Waals surface area contributed by atoms with Crippen molar-refractivity contribution in [1.82, 2.24) is 5.32 Å². The number of amides is 1. The third-order valence-electron chi connectivity index (χ3n) is 2.44. The van der Waals surface area contributed by atoms with E-state index in [-0.39, 0.29) is 12.5 Å². The van der Waals surface area contributed by atoms with Gasteiger partial charge in [0.25, 0.3) is 5.91 Å². The molecule has 1 amide bonds. The van der Waals surface area contributed by atoms with Crippen LogP contribution in [0.3, 0.4) is 0 Å². The van der Waals surface area contributed by atoms with Gasteiger partial charge in [-0.3, -0.25) is 4.79 Å². The normalized spacial score (nSPS) is 9.95. The van der Waals surface area contributed by atoms with E-state index in [4.69, 9.17) is 14.7 Å². The Bertz CT molecular complexity index is 492. The molecule has 0 heterocycles. The van der Waals surface area contributed by atoms with E-state index in [1.165, 1.54) is 0 Å². The van der Waals surface area contributed by atoms with Crippen LogP contribution in [0.5, 0.6) is 11.5 Å². The Balaban J connectivity index is 2.63. The minimum Gasteiger partial charge on any atom is -0.490 e. The second-order valence-corrected chi connectivity index (χ2v) is 4.69. The number of nitriles is 1. The van der Waals surface area contributed by atoms with Gasteiger partial charge < -0.3 is 14.8 Å². The van der Waals surface area contributed by atoms with Gasteiger partial charge in [0.2, 0.25) is 0 Å². The predicted octanol–water partition coefficient (Wildman–Crippen LogP) is 2.11. The van der Waals surface area contributed by atoms with E-state index >= 15 is 0 Å². The van der Waals surface area contributed by atoms with Gasteiger partial charge in [-0.1, -0.05) is 13.8 Å². The molecule has 1 N–H and O–H groups in total. The molecular formula is C15H20N2O3. The Morgan fingerprint density at radius 1 is 1.35 bits per heavy atom. The van der Waals surface area contributed by atoms with Crippen LogP contribution in [0.2, 0.25) is 0 Å². The Hall–Kier alpha value is -2.22. The highest BCUT2D eigenvalue weighted by atomic mass is 16.5. The lowest BCUT2D eigenvalue weighted by atomic mass is 10.2. The standard InChI is InChI=1S/C15H20N2O3/c1-4-19-14-7-12(8-16)5-6-13(14)20-10-15(18)17-9-11(2)3/h5-7,11H,4,9-10H2,1-3H3,(H,17,18). The highest BCUT2D eigenvalue weighted by Crippen LogP contribution is 2.28. The molecule has 0 unspecified atom stereocenters. The van der Waals surface area contributed by atoms with Crippen molar-refractivity contribution in [2.24, 2.45) is 5.92 Å². The van der Waals surface area contributed by atoms with Gasteiger partial charge in [0, 0.05) is 12.6 Å². The maximum absolute atomic E-state index is 11.6. The summed E-state index contributed by atoms with van der Waals surface area (Å²) in [5.41, 5.74) is 0.491. The van der Waals surface area contributed by atoms with Gasteiger partial charge in [0.1, 0.15) is 0 Å². The number of carbonyl (C=O) groups is 1. The molecule has 1 aromatic rings. The molecule has 0 aliphatic heterocycles. The highest BCUT2D eigenvalue weighted by Gasteiger charge is 2.09. The summed E-state index contributed by atoms with van der Waals surface area (Å²) in [5.74, 6) is 1.16. The van der Waals surface area contributed by atoms with E-state index in [1.807, 2.05) is 26.8 Å². The molecule has 0 fully saturated rings. The Morgan fingerprint density at radius 3 is 2.70 bits per heavy atom. The quantitative estimate of drug-likeness (QED) is 0.828. The molecule has 0 aliphatic rings. The molecule has 5 nitrogen and oxygen atoms in total. The number of hydrogen-bond acceptors (Lipinski definition) is 4. The fraction of sp³-hybridized carbons (Fsp3) is 0.467. The van der Waals surface area contributed by atoms with E-state index in [9.17, 15) is 4.79 Å². The van der Waals surface area contributed by atoms with Crippen LogP contribution < -0.4 is 14.8 Å². The highest BCUT2D eigenvalue weighted by molar-refractivity contribution is 5.77. The molecule has 0 spiro atoms. The van der Waals surface area contributed by atoms with Crippen molar-refractivity contribution < 1.29 is 14.3 Å². The molecule has 0 radical (unpaired) electrons. The van der Waals surface area contributed by atoms with E-state index in [1.54, 1.807) is 18.2 Å². The van der Waals surface area contributed by atoms with E-state index in [0.717, 1.165) is 0 Å². The maximum Gasteiger partial charge on any atom is 0.257 e. The first kappa shape index (κ1) is 15.8. The van der Waals surface area contributed by atoms with Crippen molar-refractivity contribution in [3.05, 3.63) is 23.8 Å². The van der Waals surface area contributed by atoms with Gasteiger partial charge in [0.05, 0.1) is 18.2 Å². The molecule has 0 aromatic heterocycles. The zero-order valence-corrected chi connectivity index (χ0v) is 12.1. The smallest absolute Gasteiger partial charge is 0.257 e. The fourth-order valence-electron chi connectivity index (χ4n) is 1.48.